The maximum absolute atomic E-state index is 13.0. The number of benzene rings is 1. The first-order valence-corrected chi connectivity index (χ1v) is 10.5. The monoisotopic (exact) mass is 389 g/mol. The van der Waals surface area contributed by atoms with Crippen LogP contribution in [0.15, 0.2) is 40.3 Å². The van der Waals surface area contributed by atoms with E-state index in [0.29, 0.717) is 30.8 Å². The molecule has 0 aromatic heterocycles. The molecule has 5 nitrogen and oxygen atoms in total. The van der Waals surface area contributed by atoms with Gasteiger partial charge in [-0.3, -0.25) is 9.59 Å². The summed E-state index contributed by atoms with van der Waals surface area (Å²) in [6.07, 6.45) is 1.02. The lowest BCUT2D eigenvalue weighted by atomic mass is 9.21. The average molecular weight is 389 g/mol. The lowest BCUT2D eigenvalue weighted by molar-refractivity contribution is -0.191. The van der Waals surface area contributed by atoms with Gasteiger partial charge in [0.1, 0.15) is 16.5 Å². The Morgan fingerprint density at radius 1 is 1.37 bits per heavy atom. The lowest BCUT2D eigenvalue weighted by Crippen LogP contribution is -2.79. The molecule has 3 fully saturated rings. The predicted octanol–water partition coefficient (Wildman–Crippen LogP) is 2.20. The van der Waals surface area contributed by atoms with Crippen LogP contribution in [0.3, 0.4) is 0 Å². The summed E-state index contributed by atoms with van der Waals surface area (Å²) in [5, 5.41) is 9.36. The van der Waals surface area contributed by atoms with Crippen molar-refractivity contribution < 1.29 is 23.6 Å². The van der Waals surface area contributed by atoms with E-state index in [4.69, 9.17) is 0 Å². The first kappa shape index (κ1) is 17.3. The predicted molar refractivity (Wildman–Crippen MR) is 95.6 cm³/mol. The maximum atomic E-state index is 13.0. The first-order valence-electron chi connectivity index (χ1n) is 9.29. The number of likely N-dealkylation sites (tertiary alicyclic amines) is 1. The van der Waals surface area contributed by atoms with Crippen LogP contribution in [0.4, 0.5) is 4.39 Å². The van der Waals surface area contributed by atoms with Crippen molar-refractivity contribution in [2.45, 2.75) is 29.9 Å². The minimum atomic E-state index is -1.27. The smallest absolute Gasteiger partial charge is 0.315 e. The highest BCUT2D eigenvalue weighted by molar-refractivity contribution is 7.92. The molecule has 6 unspecified atom stereocenters. The number of allylic oxidation sites excluding steroid dienone is 1. The SMILES string of the molecule is CC1C2=C3C(CC(=O)N4CCC([S+]([O-])c5ccc(F)cc5)C4)C2C31C(=O)O. The number of carboxylic acid groups (broad SMARTS) is 1. The van der Waals surface area contributed by atoms with E-state index in [1.165, 1.54) is 29.8 Å². The Kier molecular flexibility index (Phi) is 3.56. The van der Waals surface area contributed by atoms with Gasteiger partial charge in [0.25, 0.3) is 0 Å². The van der Waals surface area contributed by atoms with E-state index in [1.54, 1.807) is 4.90 Å². The quantitative estimate of drug-likeness (QED) is 0.618. The molecule has 5 aliphatic carbocycles. The summed E-state index contributed by atoms with van der Waals surface area (Å²) in [7, 11) is 0. The molecule has 1 aromatic rings. The van der Waals surface area contributed by atoms with Crippen molar-refractivity contribution in [2.24, 2.45) is 23.2 Å². The largest absolute Gasteiger partial charge is 0.611 e. The van der Waals surface area contributed by atoms with E-state index >= 15 is 0 Å². The van der Waals surface area contributed by atoms with Crippen molar-refractivity contribution >= 4 is 23.1 Å². The zero-order valence-electron chi connectivity index (χ0n) is 14.9. The molecular formula is C20H20FNO4S. The molecule has 1 N–H and O–H groups in total. The number of aliphatic carboxylic acids is 1. The summed E-state index contributed by atoms with van der Waals surface area (Å²) < 4.78 is 25.7. The molecule has 27 heavy (non-hydrogen) atoms. The summed E-state index contributed by atoms with van der Waals surface area (Å²) >= 11 is -1.27. The molecule has 142 valence electrons. The van der Waals surface area contributed by atoms with Crippen LogP contribution in [-0.2, 0) is 20.8 Å². The highest BCUT2D eigenvalue weighted by atomic mass is 32.2. The number of carboxylic acids is 1. The number of nitrogens with zero attached hydrogens (tertiary/aromatic N) is 1. The summed E-state index contributed by atoms with van der Waals surface area (Å²) in [6.45, 7) is 2.96. The summed E-state index contributed by atoms with van der Waals surface area (Å²) in [6, 6.07) is 5.66. The zero-order valence-corrected chi connectivity index (χ0v) is 15.7. The fourth-order valence-electron chi connectivity index (χ4n) is 5.71. The van der Waals surface area contributed by atoms with Crippen molar-refractivity contribution in [2.75, 3.05) is 13.1 Å². The van der Waals surface area contributed by atoms with Gasteiger partial charge in [0.2, 0.25) is 5.91 Å². The van der Waals surface area contributed by atoms with Gasteiger partial charge in [-0.1, -0.05) is 12.5 Å². The zero-order chi connectivity index (χ0) is 19.1. The van der Waals surface area contributed by atoms with Gasteiger partial charge in [-0.05, 0) is 52.9 Å². The summed E-state index contributed by atoms with van der Waals surface area (Å²) in [5.74, 6) is -0.786. The van der Waals surface area contributed by atoms with Crippen molar-refractivity contribution in [3.63, 3.8) is 0 Å². The van der Waals surface area contributed by atoms with Crippen LogP contribution in [0.1, 0.15) is 19.8 Å². The molecule has 2 saturated carbocycles. The number of halogens is 1. The highest BCUT2D eigenvalue weighted by Gasteiger charge is 2.85. The number of rotatable bonds is 5. The topological polar surface area (TPSA) is 80.7 Å². The number of amides is 1. The highest BCUT2D eigenvalue weighted by Crippen LogP contribution is 2.86. The van der Waals surface area contributed by atoms with Gasteiger partial charge < -0.3 is 14.6 Å². The number of hydrogen-bond acceptors (Lipinski definition) is 3. The minimum absolute atomic E-state index is 0.0219. The van der Waals surface area contributed by atoms with Crippen LogP contribution in [0.5, 0.6) is 0 Å². The van der Waals surface area contributed by atoms with E-state index in [0.717, 1.165) is 5.57 Å². The van der Waals surface area contributed by atoms with Gasteiger partial charge in [0.15, 0.2) is 4.90 Å². The van der Waals surface area contributed by atoms with E-state index in [9.17, 15) is 23.6 Å². The molecule has 0 radical (unpaired) electrons. The van der Waals surface area contributed by atoms with E-state index in [2.05, 4.69) is 0 Å². The van der Waals surface area contributed by atoms with Gasteiger partial charge in [-0.15, -0.1) is 0 Å². The van der Waals surface area contributed by atoms with E-state index in [-0.39, 0.29) is 34.7 Å². The Bertz CT molecular complexity index is 884. The van der Waals surface area contributed by atoms with Crippen LogP contribution < -0.4 is 0 Å². The third-order valence-corrected chi connectivity index (χ3v) is 8.83. The van der Waals surface area contributed by atoms with Crippen molar-refractivity contribution in [3.05, 3.63) is 41.2 Å². The van der Waals surface area contributed by atoms with Crippen molar-refractivity contribution in [3.8, 4) is 0 Å². The molecule has 6 aliphatic rings. The maximum Gasteiger partial charge on any atom is 0.315 e. The van der Waals surface area contributed by atoms with Crippen LogP contribution in [-0.4, -0.2) is 44.8 Å². The fraction of sp³-hybridized carbons (Fsp3) is 0.500. The lowest BCUT2D eigenvalue weighted by Gasteiger charge is -2.80. The minimum Gasteiger partial charge on any atom is -0.611 e. The third kappa shape index (κ3) is 1.99. The Labute approximate surface area is 159 Å². The molecule has 1 aromatic carbocycles. The summed E-state index contributed by atoms with van der Waals surface area (Å²) in [4.78, 5) is 26.5. The van der Waals surface area contributed by atoms with Gasteiger partial charge in [0.05, 0.1) is 6.54 Å². The molecule has 1 saturated heterocycles. The van der Waals surface area contributed by atoms with Crippen LogP contribution in [0.2, 0.25) is 0 Å². The van der Waals surface area contributed by atoms with Gasteiger partial charge in [-0.25, -0.2) is 4.39 Å². The molecule has 6 atom stereocenters. The number of hydrogen-bond donors (Lipinski definition) is 1. The van der Waals surface area contributed by atoms with Gasteiger partial charge in [-0.2, -0.15) is 0 Å². The Balaban J connectivity index is 1.19. The Morgan fingerprint density at radius 2 is 2.04 bits per heavy atom. The number of carbonyl (C=O) groups is 2. The molecule has 0 spiro atoms. The average Bonchev–Trinajstić information content (AvgIpc) is 3.06. The van der Waals surface area contributed by atoms with Crippen LogP contribution in [0.25, 0.3) is 0 Å². The standard InChI is InChI=1S/C20H20FNO4S/c1-10-16-17-14(18(16)20(10,17)19(24)25)8-15(23)22-7-6-13(9-22)27(26)12-4-2-11(21)3-5-12/h2-5,10,13-14,17H,6-9H2,1H3,(H,24,25). The second kappa shape index (κ2) is 5.58. The van der Waals surface area contributed by atoms with Crippen LogP contribution in [0, 0.1) is 29.0 Å². The molecule has 1 heterocycles. The molecular weight excluding hydrogens is 369 g/mol. The van der Waals surface area contributed by atoms with Crippen molar-refractivity contribution in [1.82, 2.24) is 4.90 Å². The molecule has 1 aliphatic heterocycles. The first-order chi connectivity index (χ1) is 12.9. The Hall–Kier alpha value is -1.86. The molecule has 4 bridgehead atoms. The molecule has 7 heteroatoms. The Morgan fingerprint density at radius 3 is 2.63 bits per heavy atom. The van der Waals surface area contributed by atoms with E-state index < -0.39 is 22.6 Å². The molecule has 7 rings (SSSR count). The number of carbonyl (C=O) groups excluding carboxylic acids is 1. The molecule has 1 amide bonds. The normalized spacial score (nSPS) is 36.6. The second-order valence-corrected chi connectivity index (χ2v) is 9.79. The van der Waals surface area contributed by atoms with Gasteiger partial charge in [0, 0.05) is 25.3 Å². The summed E-state index contributed by atoms with van der Waals surface area (Å²) in [5.41, 5.74) is 1.62. The van der Waals surface area contributed by atoms with E-state index in [1.807, 2.05) is 6.92 Å². The van der Waals surface area contributed by atoms with Crippen molar-refractivity contribution in [1.29, 1.82) is 0 Å². The fourth-order valence-corrected chi connectivity index (χ4v) is 7.13. The third-order valence-electron chi connectivity index (χ3n) is 7.10. The second-order valence-electron chi connectivity index (χ2n) is 8.05. The van der Waals surface area contributed by atoms with Crippen LogP contribution >= 0.6 is 0 Å². The van der Waals surface area contributed by atoms with Gasteiger partial charge >= 0.3 is 5.97 Å².